The highest BCUT2D eigenvalue weighted by Crippen LogP contribution is 2.31. The number of esters is 1. The van der Waals surface area contributed by atoms with Crippen molar-refractivity contribution < 1.29 is 28.3 Å². The maximum Gasteiger partial charge on any atom is 0.338 e. The summed E-state index contributed by atoms with van der Waals surface area (Å²) in [7, 11) is 0. The summed E-state index contributed by atoms with van der Waals surface area (Å²) in [6, 6.07) is 13.1. The van der Waals surface area contributed by atoms with Gasteiger partial charge < -0.3 is 14.5 Å². The molecule has 0 atom stereocenters. The normalized spacial score (nSPS) is 12.6. The molecule has 0 fully saturated rings. The average Bonchev–Trinajstić information content (AvgIpc) is 3.39. The molecule has 2 aromatic carbocycles. The van der Waals surface area contributed by atoms with Gasteiger partial charge in [0.1, 0.15) is 5.76 Å². The number of carbonyl (C=O) groups is 4. The Kier molecular flexibility index (Phi) is 5.59. The van der Waals surface area contributed by atoms with E-state index < -0.39 is 30.3 Å². The van der Waals surface area contributed by atoms with Gasteiger partial charge in [-0.25, -0.2) is 9.69 Å². The van der Waals surface area contributed by atoms with Crippen LogP contribution in [0.15, 0.2) is 59.2 Å². The minimum absolute atomic E-state index is 0.0755. The van der Waals surface area contributed by atoms with E-state index in [0.29, 0.717) is 11.4 Å². The van der Waals surface area contributed by atoms with Crippen molar-refractivity contribution in [1.29, 1.82) is 0 Å². The van der Waals surface area contributed by atoms with Crippen molar-refractivity contribution in [2.45, 2.75) is 20.4 Å². The Labute approximate surface area is 183 Å². The van der Waals surface area contributed by atoms with Gasteiger partial charge in [0.2, 0.25) is 0 Å². The zero-order valence-electron chi connectivity index (χ0n) is 17.5. The fourth-order valence-corrected chi connectivity index (χ4v) is 3.41. The van der Waals surface area contributed by atoms with Gasteiger partial charge >= 0.3 is 5.97 Å². The predicted molar refractivity (Wildman–Crippen MR) is 114 cm³/mol. The van der Waals surface area contributed by atoms with Crippen LogP contribution in [0.1, 0.15) is 48.0 Å². The van der Waals surface area contributed by atoms with Crippen molar-refractivity contribution in [1.82, 2.24) is 5.32 Å². The molecule has 8 nitrogen and oxygen atoms in total. The second-order valence-corrected chi connectivity index (χ2v) is 7.43. The van der Waals surface area contributed by atoms with Crippen LogP contribution in [-0.2, 0) is 16.1 Å². The van der Waals surface area contributed by atoms with Gasteiger partial charge in [0.25, 0.3) is 17.7 Å². The first-order chi connectivity index (χ1) is 15.3. The van der Waals surface area contributed by atoms with Crippen molar-refractivity contribution in [3.8, 4) is 0 Å². The Morgan fingerprint density at radius 3 is 2.53 bits per heavy atom. The molecule has 32 heavy (non-hydrogen) atoms. The Balaban J connectivity index is 1.45. The van der Waals surface area contributed by atoms with Crippen molar-refractivity contribution in [2.75, 3.05) is 11.5 Å². The van der Waals surface area contributed by atoms with Gasteiger partial charge in [0.05, 0.1) is 35.2 Å². The molecular weight excluding hydrogens is 412 g/mol. The fourth-order valence-electron chi connectivity index (χ4n) is 3.41. The lowest BCUT2D eigenvalue weighted by Crippen LogP contribution is -2.30. The number of aryl methyl sites for hydroxylation is 2. The smallest absolute Gasteiger partial charge is 0.338 e. The van der Waals surface area contributed by atoms with Gasteiger partial charge in [0.15, 0.2) is 6.61 Å². The highest BCUT2D eigenvalue weighted by atomic mass is 16.5. The fraction of sp³-hybridized carbons (Fsp3) is 0.167. The number of anilines is 1. The van der Waals surface area contributed by atoms with Crippen LogP contribution in [0.5, 0.6) is 0 Å². The van der Waals surface area contributed by atoms with E-state index in [4.69, 9.17) is 9.15 Å². The summed E-state index contributed by atoms with van der Waals surface area (Å²) in [6.07, 6.45) is 1.49. The van der Waals surface area contributed by atoms with E-state index in [1.165, 1.54) is 24.5 Å². The van der Waals surface area contributed by atoms with Gasteiger partial charge in [-0.05, 0) is 61.4 Å². The molecule has 3 aromatic rings. The van der Waals surface area contributed by atoms with E-state index in [9.17, 15) is 19.2 Å². The molecule has 0 spiro atoms. The van der Waals surface area contributed by atoms with Crippen LogP contribution >= 0.6 is 0 Å². The quantitative estimate of drug-likeness (QED) is 0.474. The SMILES string of the molecule is Cc1ccc(C)c(N2C(=O)c3ccc(C(=O)OCC(=O)NCc4ccco4)cc3C2=O)c1. The van der Waals surface area contributed by atoms with Crippen molar-refractivity contribution in [3.05, 3.63) is 88.4 Å². The molecule has 162 valence electrons. The lowest BCUT2D eigenvalue weighted by Gasteiger charge is -2.17. The maximum absolute atomic E-state index is 13.0. The molecule has 1 aliphatic heterocycles. The Morgan fingerprint density at radius 1 is 1.00 bits per heavy atom. The molecule has 1 aliphatic rings. The third-order valence-corrected chi connectivity index (χ3v) is 5.10. The number of rotatable bonds is 6. The second-order valence-electron chi connectivity index (χ2n) is 7.43. The minimum atomic E-state index is -0.772. The zero-order valence-corrected chi connectivity index (χ0v) is 17.5. The van der Waals surface area contributed by atoms with Gasteiger partial charge in [-0.2, -0.15) is 0 Å². The maximum atomic E-state index is 13.0. The number of amides is 3. The van der Waals surface area contributed by atoms with Gasteiger partial charge in [0, 0.05) is 0 Å². The minimum Gasteiger partial charge on any atom is -0.467 e. The van der Waals surface area contributed by atoms with Crippen LogP contribution in [0, 0.1) is 13.8 Å². The molecule has 2 heterocycles. The molecule has 0 unspecified atom stereocenters. The van der Waals surface area contributed by atoms with Crippen LogP contribution < -0.4 is 10.2 Å². The number of benzene rings is 2. The average molecular weight is 432 g/mol. The number of fused-ring (bicyclic) bond motifs is 1. The van der Waals surface area contributed by atoms with Crippen LogP contribution in [0.4, 0.5) is 5.69 Å². The number of hydrogen-bond donors (Lipinski definition) is 1. The summed E-state index contributed by atoms with van der Waals surface area (Å²) in [4.78, 5) is 51.2. The van der Waals surface area contributed by atoms with E-state index >= 15 is 0 Å². The molecule has 1 aromatic heterocycles. The third-order valence-electron chi connectivity index (χ3n) is 5.10. The first kappa shape index (κ1) is 21.0. The molecule has 8 heteroatoms. The monoisotopic (exact) mass is 432 g/mol. The highest BCUT2D eigenvalue weighted by Gasteiger charge is 2.38. The Morgan fingerprint density at radius 2 is 1.78 bits per heavy atom. The number of nitrogens with zero attached hydrogens (tertiary/aromatic N) is 1. The predicted octanol–water partition coefficient (Wildman–Crippen LogP) is 3.17. The Bertz CT molecular complexity index is 1230. The summed E-state index contributed by atoms with van der Waals surface area (Å²) in [6.45, 7) is 3.38. The van der Waals surface area contributed by atoms with Gasteiger partial charge in [-0.3, -0.25) is 14.4 Å². The standard InChI is InChI=1S/C24H20N2O6/c1-14-5-6-15(2)20(10-14)26-22(28)18-8-7-16(11-19(18)23(26)29)24(30)32-13-21(27)25-12-17-4-3-9-31-17/h3-11H,12-13H2,1-2H3,(H,25,27). The van der Waals surface area contributed by atoms with Crippen LogP contribution in [0.3, 0.4) is 0 Å². The first-order valence-electron chi connectivity index (χ1n) is 9.91. The number of nitrogens with one attached hydrogen (secondary N) is 1. The second kappa shape index (κ2) is 8.50. The summed E-state index contributed by atoms with van der Waals surface area (Å²) in [5.74, 6) is -1.66. The molecular formula is C24H20N2O6. The largest absolute Gasteiger partial charge is 0.467 e. The van der Waals surface area contributed by atoms with Crippen LogP contribution in [0.25, 0.3) is 0 Å². The van der Waals surface area contributed by atoms with E-state index in [1.54, 1.807) is 18.2 Å². The number of carbonyl (C=O) groups excluding carboxylic acids is 4. The van der Waals surface area contributed by atoms with Gasteiger partial charge in [-0.15, -0.1) is 0 Å². The highest BCUT2D eigenvalue weighted by molar-refractivity contribution is 6.35. The molecule has 0 saturated carbocycles. The number of furan rings is 1. The van der Waals surface area contributed by atoms with Crippen LogP contribution in [0.2, 0.25) is 0 Å². The number of imide groups is 1. The molecule has 3 amide bonds. The molecule has 0 bridgehead atoms. The van der Waals surface area contributed by atoms with Crippen molar-refractivity contribution in [2.24, 2.45) is 0 Å². The molecule has 0 aliphatic carbocycles. The van der Waals surface area contributed by atoms with Gasteiger partial charge in [-0.1, -0.05) is 12.1 Å². The molecule has 0 radical (unpaired) electrons. The van der Waals surface area contributed by atoms with E-state index in [1.807, 2.05) is 26.0 Å². The molecule has 1 N–H and O–H groups in total. The van der Waals surface area contributed by atoms with Crippen molar-refractivity contribution >= 4 is 29.4 Å². The summed E-state index contributed by atoms with van der Waals surface area (Å²) in [5.41, 5.74) is 2.61. The molecule has 0 saturated heterocycles. The number of hydrogen-bond acceptors (Lipinski definition) is 6. The lowest BCUT2D eigenvalue weighted by atomic mass is 10.1. The van der Waals surface area contributed by atoms with E-state index in [-0.39, 0.29) is 23.2 Å². The van der Waals surface area contributed by atoms with Crippen molar-refractivity contribution in [3.63, 3.8) is 0 Å². The summed E-state index contributed by atoms with van der Waals surface area (Å²) in [5, 5.41) is 2.56. The zero-order chi connectivity index (χ0) is 22.8. The molecule has 4 rings (SSSR count). The third kappa shape index (κ3) is 4.02. The topological polar surface area (TPSA) is 106 Å². The summed E-state index contributed by atoms with van der Waals surface area (Å²) >= 11 is 0. The van der Waals surface area contributed by atoms with E-state index in [0.717, 1.165) is 16.0 Å². The lowest BCUT2D eigenvalue weighted by molar-refractivity contribution is -0.124. The number of ether oxygens (including phenoxy) is 1. The first-order valence-corrected chi connectivity index (χ1v) is 9.91. The van der Waals surface area contributed by atoms with E-state index in [2.05, 4.69) is 5.32 Å². The summed E-state index contributed by atoms with van der Waals surface area (Å²) < 4.78 is 10.1. The van der Waals surface area contributed by atoms with Crippen LogP contribution in [-0.4, -0.2) is 30.3 Å². The Hall–Kier alpha value is -4.20.